The number of piperazine rings is 1. The van der Waals surface area contributed by atoms with Crippen molar-refractivity contribution in [3.63, 3.8) is 0 Å². The fourth-order valence-corrected chi connectivity index (χ4v) is 6.47. The average Bonchev–Trinajstić information content (AvgIpc) is 3.25. The molecular weight excluding hydrogens is 324 g/mol. The summed E-state index contributed by atoms with van der Waals surface area (Å²) in [5.74, 6) is 2.53. The van der Waals surface area contributed by atoms with Gasteiger partial charge in [-0.1, -0.05) is 0 Å². The third kappa shape index (κ3) is 2.85. The van der Waals surface area contributed by atoms with Crippen LogP contribution >= 0.6 is 0 Å². The Morgan fingerprint density at radius 2 is 1.79 bits per heavy atom. The van der Waals surface area contributed by atoms with Crippen LogP contribution in [0.3, 0.4) is 0 Å². The number of quaternary nitrogens is 1. The highest BCUT2D eigenvalue weighted by Gasteiger charge is 2.46. The van der Waals surface area contributed by atoms with Crippen molar-refractivity contribution >= 4 is 10.0 Å². The third-order valence-electron chi connectivity index (χ3n) is 6.32. The zero-order chi connectivity index (χ0) is 16.7. The van der Waals surface area contributed by atoms with E-state index in [0.29, 0.717) is 23.7 Å². The standard InChI is InChI=1S/C18H26N2O3S/c1-23-16-4-6-17(7-5-16)24(21,22)20-10-8-19(9-11-20)18-13-14-2-3-15(18)12-14/h4-7,14-15,18H,2-3,8-13H2,1H3/p+1/t14-,15+,18-/m0/s1. The van der Waals surface area contributed by atoms with Gasteiger partial charge in [0.15, 0.2) is 0 Å². The summed E-state index contributed by atoms with van der Waals surface area (Å²) in [7, 11) is -1.80. The van der Waals surface area contributed by atoms with Gasteiger partial charge in [0.05, 0.1) is 44.2 Å². The predicted octanol–water partition coefficient (Wildman–Crippen LogP) is 0.773. The van der Waals surface area contributed by atoms with Crippen LogP contribution in [0.5, 0.6) is 5.75 Å². The van der Waals surface area contributed by atoms with Crippen molar-refractivity contribution in [2.24, 2.45) is 11.8 Å². The molecule has 3 atom stereocenters. The first kappa shape index (κ1) is 16.4. The number of sulfonamides is 1. The molecule has 2 aliphatic carbocycles. The molecule has 0 aromatic heterocycles. The van der Waals surface area contributed by atoms with E-state index in [0.717, 1.165) is 31.0 Å². The van der Waals surface area contributed by atoms with Crippen LogP contribution in [0, 0.1) is 11.8 Å². The molecule has 6 heteroatoms. The number of benzene rings is 1. The van der Waals surface area contributed by atoms with Crippen molar-refractivity contribution in [3.8, 4) is 5.75 Å². The van der Waals surface area contributed by atoms with Gasteiger partial charge in [-0.25, -0.2) is 8.42 Å². The lowest BCUT2D eigenvalue weighted by molar-refractivity contribution is -0.932. The highest BCUT2D eigenvalue weighted by atomic mass is 32.2. The molecule has 0 spiro atoms. The summed E-state index contributed by atoms with van der Waals surface area (Å²) in [6.07, 6.45) is 5.60. The number of hydrogen-bond acceptors (Lipinski definition) is 3. The first-order valence-electron chi connectivity index (χ1n) is 9.06. The Bertz CT molecular complexity index is 681. The van der Waals surface area contributed by atoms with E-state index >= 15 is 0 Å². The molecule has 4 rings (SSSR count). The number of fused-ring (bicyclic) bond motifs is 2. The molecule has 1 saturated heterocycles. The highest BCUT2D eigenvalue weighted by Crippen LogP contribution is 2.43. The number of methoxy groups -OCH3 is 1. The zero-order valence-electron chi connectivity index (χ0n) is 14.3. The molecule has 5 nitrogen and oxygen atoms in total. The normalized spacial score (nSPS) is 31.5. The fraction of sp³-hybridized carbons (Fsp3) is 0.667. The van der Waals surface area contributed by atoms with Gasteiger partial charge >= 0.3 is 0 Å². The summed E-state index contributed by atoms with van der Waals surface area (Å²) < 4.78 is 32.4. The van der Waals surface area contributed by atoms with Crippen molar-refractivity contribution < 1.29 is 18.1 Å². The van der Waals surface area contributed by atoms with Crippen LogP contribution in [-0.2, 0) is 10.0 Å². The summed E-state index contributed by atoms with van der Waals surface area (Å²) >= 11 is 0. The molecule has 3 fully saturated rings. The first-order valence-corrected chi connectivity index (χ1v) is 10.5. The van der Waals surface area contributed by atoms with Gasteiger partial charge in [-0.15, -0.1) is 0 Å². The Hall–Kier alpha value is -1.11. The van der Waals surface area contributed by atoms with Gasteiger partial charge in [-0.3, -0.25) is 0 Å². The highest BCUT2D eigenvalue weighted by molar-refractivity contribution is 7.89. The molecule has 2 saturated carbocycles. The lowest BCUT2D eigenvalue weighted by atomic mass is 9.93. The largest absolute Gasteiger partial charge is 0.497 e. The monoisotopic (exact) mass is 351 g/mol. The van der Waals surface area contributed by atoms with E-state index in [1.165, 1.54) is 25.7 Å². The molecule has 0 radical (unpaired) electrons. The molecule has 1 N–H and O–H groups in total. The lowest BCUT2D eigenvalue weighted by Gasteiger charge is -2.37. The van der Waals surface area contributed by atoms with Crippen LogP contribution in [0.25, 0.3) is 0 Å². The molecule has 1 heterocycles. The van der Waals surface area contributed by atoms with E-state index in [1.54, 1.807) is 40.6 Å². The van der Waals surface area contributed by atoms with Crippen molar-refractivity contribution in [2.45, 2.75) is 36.6 Å². The average molecular weight is 351 g/mol. The van der Waals surface area contributed by atoms with Crippen LogP contribution in [-0.4, -0.2) is 52.1 Å². The topological polar surface area (TPSA) is 51.1 Å². The van der Waals surface area contributed by atoms with Gasteiger partial charge in [-0.2, -0.15) is 4.31 Å². The van der Waals surface area contributed by atoms with Gasteiger partial charge in [-0.05, 0) is 49.4 Å². The summed E-state index contributed by atoms with van der Waals surface area (Å²) in [4.78, 5) is 2.01. The zero-order valence-corrected chi connectivity index (χ0v) is 15.1. The Balaban J connectivity index is 1.41. The fourth-order valence-electron chi connectivity index (χ4n) is 5.03. The second-order valence-corrected chi connectivity index (χ2v) is 9.46. The van der Waals surface area contributed by atoms with E-state index in [-0.39, 0.29) is 0 Å². The van der Waals surface area contributed by atoms with Crippen LogP contribution in [0.2, 0.25) is 0 Å². The maximum absolute atomic E-state index is 12.8. The van der Waals surface area contributed by atoms with Gasteiger partial charge in [0.1, 0.15) is 5.75 Å². The second kappa shape index (κ2) is 6.32. The van der Waals surface area contributed by atoms with Crippen LogP contribution < -0.4 is 9.64 Å². The number of ether oxygens (including phenoxy) is 1. The molecule has 1 aromatic carbocycles. The van der Waals surface area contributed by atoms with Crippen LogP contribution in [0.15, 0.2) is 29.2 Å². The minimum Gasteiger partial charge on any atom is -0.497 e. The van der Waals surface area contributed by atoms with E-state index in [2.05, 4.69) is 0 Å². The number of nitrogens with zero attached hydrogens (tertiary/aromatic N) is 1. The van der Waals surface area contributed by atoms with Crippen LogP contribution in [0.4, 0.5) is 0 Å². The minimum atomic E-state index is -3.38. The Kier molecular flexibility index (Phi) is 4.31. The molecule has 0 amide bonds. The molecular formula is C18H27N2O3S+. The van der Waals surface area contributed by atoms with Gasteiger partial charge < -0.3 is 9.64 Å². The summed E-state index contributed by atoms with van der Waals surface area (Å²) in [6, 6.07) is 7.49. The van der Waals surface area contributed by atoms with Gasteiger partial charge in [0, 0.05) is 12.3 Å². The predicted molar refractivity (Wildman–Crippen MR) is 91.7 cm³/mol. The van der Waals surface area contributed by atoms with E-state index < -0.39 is 10.0 Å². The van der Waals surface area contributed by atoms with Crippen molar-refractivity contribution in [1.82, 2.24) is 4.31 Å². The quantitative estimate of drug-likeness (QED) is 0.872. The lowest BCUT2D eigenvalue weighted by Crippen LogP contribution is -3.18. The van der Waals surface area contributed by atoms with Gasteiger partial charge in [0.2, 0.25) is 10.0 Å². The molecule has 24 heavy (non-hydrogen) atoms. The van der Waals surface area contributed by atoms with Crippen molar-refractivity contribution in [2.75, 3.05) is 33.3 Å². The SMILES string of the molecule is COc1ccc(S(=O)(=O)N2CC[NH+]([C@H]3C[C@H]4CC[C@@H]3C4)CC2)cc1. The summed E-state index contributed by atoms with van der Waals surface area (Å²) in [5, 5.41) is 0. The molecule has 132 valence electrons. The molecule has 3 aliphatic rings. The summed E-state index contributed by atoms with van der Waals surface area (Å²) in [6.45, 7) is 3.17. The Labute approximate surface area is 144 Å². The number of nitrogens with one attached hydrogen (secondary N) is 1. The third-order valence-corrected chi connectivity index (χ3v) is 8.24. The first-order chi connectivity index (χ1) is 11.6. The Morgan fingerprint density at radius 1 is 1.08 bits per heavy atom. The second-order valence-electron chi connectivity index (χ2n) is 7.52. The van der Waals surface area contributed by atoms with Crippen molar-refractivity contribution in [1.29, 1.82) is 0 Å². The van der Waals surface area contributed by atoms with E-state index in [1.807, 2.05) is 0 Å². The smallest absolute Gasteiger partial charge is 0.243 e. The molecule has 1 aromatic rings. The number of rotatable bonds is 4. The molecule has 1 aliphatic heterocycles. The molecule has 2 bridgehead atoms. The maximum atomic E-state index is 12.8. The van der Waals surface area contributed by atoms with E-state index in [4.69, 9.17) is 4.74 Å². The van der Waals surface area contributed by atoms with Gasteiger partial charge in [0.25, 0.3) is 0 Å². The maximum Gasteiger partial charge on any atom is 0.243 e. The number of hydrogen-bond donors (Lipinski definition) is 1. The molecule has 0 unspecified atom stereocenters. The van der Waals surface area contributed by atoms with Crippen LogP contribution in [0.1, 0.15) is 25.7 Å². The Morgan fingerprint density at radius 3 is 2.33 bits per heavy atom. The minimum absolute atomic E-state index is 0.367. The van der Waals surface area contributed by atoms with E-state index in [9.17, 15) is 8.42 Å². The summed E-state index contributed by atoms with van der Waals surface area (Å²) in [5.41, 5.74) is 0. The van der Waals surface area contributed by atoms with Crippen molar-refractivity contribution in [3.05, 3.63) is 24.3 Å².